The molecule has 0 aliphatic rings. The van der Waals surface area contributed by atoms with Gasteiger partial charge in [-0.3, -0.25) is 13.9 Å². The Hall–Kier alpha value is -3.08. The van der Waals surface area contributed by atoms with Gasteiger partial charge in [0.25, 0.3) is 10.0 Å². The summed E-state index contributed by atoms with van der Waals surface area (Å²) in [5, 5.41) is 3.13. The number of amides is 2. The highest BCUT2D eigenvalue weighted by Gasteiger charge is 2.32. The van der Waals surface area contributed by atoms with Gasteiger partial charge < -0.3 is 15.0 Å². The van der Waals surface area contributed by atoms with Gasteiger partial charge in [0.2, 0.25) is 11.8 Å². The number of methoxy groups -OCH3 is 1. The lowest BCUT2D eigenvalue weighted by Gasteiger charge is -2.32. The number of nitrogens with one attached hydrogen (secondary N) is 1. The van der Waals surface area contributed by atoms with Crippen molar-refractivity contribution in [2.24, 2.45) is 0 Å². The van der Waals surface area contributed by atoms with Crippen molar-refractivity contribution in [1.82, 2.24) is 10.2 Å². The third-order valence-electron chi connectivity index (χ3n) is 6.01. The van der Waals surface area contributed by atoms with Gasteiger partial charge >= 0.3 is 0 Å². The van der Waals surface area contributed by atoms with Gasteiger partial charge in [0.15, 0.2) is 0 Å². The molecule has 0 saturated heterocycles. The highest BCUT2D eigenvalue weighted by molar-refractivity contribution is 9.10. The monoisotopic (exact) mass is 635 g/mol. The van der Waals surface area contributed by atoms with Crippen LogP contribution in [0, 0.1) is 0 Å². The fourth-order valence-corrected chi connectivity index (χ4v) is 5.65. The summed E-state index contributed by atoms with van der Waals surface area (Å²) in [5.41, 5.74) is 1.01. The van der Waals surface area contributed by atoms with Crippen LogP contribution in [0.4, 0.5) is 5.69 Å². The van der Waals surface area contributed by atoms with Gasteiger partial charge in [-0.15, -0.1) is 0 Å². The van der Waals surface area contributed by atoms with E-state index in [1.807, 2.05) is 31.2 Å². The average molecular weight is 637 g/mol. The second-order valence-corrected chi connectivity index (χ2v) is 12.0. The Morgan fingerprint density at radius 1 is 1.05 bits per heavy atom. The molecule has 3 aromatic carbocycles. The first kappa shape index (κ1) is 30.5. The van der Waals surface area contributed by atoms with E-state index in [9.17, 15) is 18.0 Å². The summed E-state index contributed by atoms with van der Waals surface area (Å²) in [4.78, 5) is 28.1. The van der Waals surface area contributed by atoms with E-state index in [1.165, 1.54) is 42.3 Å². The van der Waals surface area contributed by atoms with E-state index >= 15 is 0 Å². The molecule has 208 valence electrons. The number of halogens is 2. The minimum atomic E-state index is -4.20. The molecule has 0 spiro atoms. The standard InChI is InChI=1S/C28H31BrClN3O5S/c1-4-16-31-28(35)20(2)32(18-21-8-10-22(29)11-9-21)27(34)19-33(24-7-5-6-23(30)17-24)39(36,37)26-14-12-25(38-3)13-15-26/h5-15,17,20H,4,16,18-19H2,1-3H3,(H,31,35)/t20-/m1/s1. The van der Waals surface area contributed by atoms with Gasteiger partial charge in [-0.2, -0.15) is 0 Å². The zero-order chi connectivity index (χ0) is 28.6. The molecule has 11 heteroatoms. The first-order valence-corrected chi connectivity index (χ1v) is 14.9. The molecular weight excluding hydrogens is 606 g/mol. The van der Waals surface area contributed by atoms with E-state index in [0.29, 0.717) is 17.3 Å². The Morgan fingerprint density at radius 3 is 2.31 bits per heavy atom. The number of sulfonamides is 1. The van der Waals surface area contributed by atoms with Crippen LogP contribution in [0.1, 0.15) is 25.8 Å². The van der Waals surface area contributed by atoms with E-state index < -0.39 is 28.5 Å². The van der Waals surface area contributed by atoms with Crippen LogP contribution >= 0.6 is 27.5 Å². The fourth-order valence-electron chi connectivity index (χ4n) is 3.80. The number of carbonyl (C=O) groups excluding carboxylic acids is 2. The van der Waals surface area contributed by atoms with Crippen LogP contribution in [-0.2, 0) is 26.2 Å². The third-order valence-corrected chi connectivity index (χ3v) is 8.56. The molecule has 0 heterocycles. The second-order valence-electron chi connectivity index (χ2n) is 8.78. The largest absolute Gasteiger partial charge is 0.497 e. The smallest absolute Gasteiger partial charge is 0.264 e. The summed E-state index contributed by atoms with van der Waals surface area (Å²) in [6.07, 6.45) is 0.738. The molecule has 39 heavy (non-hydrogen) atoms. The number of ether oxygens (including phenoxy) is 1. The van der Waals surface area contributed by atoms with Crippen molar-refractivity contribution in [1.29, 1.82) is 0 Å². The Balaban J connectivity index is 2.01. The highest BCUT2D eigenvalue weighted by Crippen LogP contribution is 2.28. The molecule has 0 bridgehead atoms. The van der Waals surface area contributed by atoms with Crippen LogP contribution in [0.3, 0.4) is 0 Å². The predicted octanol–water partition coefficient (Wildman–Crippen LogP) is 5.25. The van der Waals surface area contributed by atoms with Crippen LogP contribution < -0.4 is 14.4 Å². The molecule has 0 aromatic heterocycles. The Kier molecular flexibility index (Phi) is 10.8. The third kappa shape index (κ3) is 7.97. The summed E-state index contributed by atoms with van der Waals surface area (Å²) in [6, 6.07) is 18.7. The van der Waals surface area contributed by atoms with Gasteiger partial charge in [0, 0.05) is 22.6 Å². The van der Waals surface area contributed by atoms with E-state index in [1.54, 1.807) is 25.1 Å². The second kappa shape index (κ2) is 13.8. The number of hydrogen-bond donors (Lipinski definition) is 1. The molecule has 3 rings (SSSR count). The molecule has 0 saturated carbocycles. The molecule has 0 fully saturated rings. The Bertz CT molecular complexity index is 1390. The highest BCUT2D eigenvalue weighted by atomic mass is 79.9. The number of carbonyl (C=O) groups is 2. The van der Waals surface area contributed by atoms with Crippen molar-refractivity contribution in [2.45, 2.75) is 37.8 Å². The summed E-state index contributed by atoms with van der Waals surface area (Å²) >= 11 is 9.60. The normalized spacial score (nSPS) is 11.9. The van der Waals surface area contributed by atoms with E-state index in [0.717, 1.165) is 20.8 Å². The maximum Gasteiger partial charge on any atom is 0.264 e. The molecule has 2 amide bonds. The van der Waals surface area contributed by atoms with Crippen molar-refractivity contribution in [3.8, 4) is 5.75 Å². The molecule has 8 nitrogen and oxygen atoms in total. The lowest BCUT2D eigenvalue weighted by molar-refractivity contribution is -0.139. The van der Waals surface area contributed by atoms with Crippen molar-refractivity contribution in [3.63, 3.8) is 0 Å². The first-order valence-electron chi connectivity index (χ1n) is 12.3. The van der Waals surface area contributed by atoms with Crippen molar-refractivity contribution in [2.75, 3.05) is 24.5 Å². The molecule has 0 aliphatic carbocycles. The number of anilines is 1. The lowest BCUT2D eigenvalue weighted by Crippen LogP contribution is -2.51. The SMILES string of the molecule is CCCNC(=O)[C@@H](C)N(Cc1ccc(Br)cc1)C(=O)CN(c1cccc(Cl)c1)S(=O)(=O)c1ccc(OC)cc1. The van der Waals surface area contributed by atoms with Crippen molar-refractivity contribution < 1.29 is 22.7 Å². The quantitative estimate of drug-likeness (QED) is 0.293. The van der Waals surface area contributed by atoms with E-state index in [2.05, 4.69) is 21.2 Å². The predicted molar refractivity (Wildman–Crippen MR) is 156 cm³/mol. The zero-order valence-corrected chi connectivity index (χ0v) is 25.1. The van der Waals surface area contributed by atoms with Gasteiger partial charge in [-0.25, -0.2) is 8.42 Å². The minimum Gasteiger partial charge on any atom is -0.497 e. The summed E-state index contributed by atoms with van der Waals surface area (Å²) in [6.45, 7) is 3.59. The van der Waals surface area contributed by atoms with Crippen molar-refractivity contribution in [3.05, 3.63) is 87.9 Å². The van der Waals surface area contributed by atoms with E-state index in [4.69, 9.17) is 16.3 Å². The minimum absolute atomic E-state index is 0.0238. The molecule has 1 N–H and O–H groups in total. The topological polar surface area (TPSA) is 96.0 Å². The average Bonchev–Trinajstić information content (AvgIpc) is 2.93. The molecule has 1 atom stereocenters. The van der Waals surface area contributed by atoms with Gasteiger partial charge in [0.05, 0.1) is 17.7 Å². The summed E-state index contributed by atoms with van der Waals surface area (Å²) < 4.78 is 34.7. The van der Waals surface area contributed by atoms with Gasteiger partial charge in [0.1, 0.15) is 18.3 Å². The zero-order valence-electron chi connectivity index (χ0n) is 21.9. The maximum atomic E-state index is 13.9. The first-order chi connectivity index (χ1) is 18.6. The Morgan fingerprint density at radius 2 is 1.72 bits per heavy atom. The summed E-state index contributed by atoms with van der Waals surface area (Å²) in [7, 11) is -2.71. The number of rotatable bonds is 12. The molecule has 0 unspecified atom stereocenters. The van der Waals surface area contributed by atoms with Gasteiger partial charge in [-0.05, 0) is 73.5 Å². The van der Waals surface area contributed by atoms with Crippen molar-refractivity contribution >= 4 is 55.1 Å². The lowest BCUT2D eigenvalue weighted by atomic mass is 10.1. The number of benzene rings is 3. The molecular formula is C28H31BrClN3O5S. The van der Waals surface area contributed by atoms with Crippen LogP contribution in [0.15, 0.2) is 82.2 Å². The van der Waals surface area contributed by atoms with Crippen LogP contribution in [0.25, 0.3) is 0 Å². The molecule has 0 radical (unpaired) electrons. The van der Waals surface area contributed by atoms with Gasteiger partial charge in [-0.1, -0.05) is 52.7 Å². The molecule has 3 aromatic rings. The van der Waals surface area contributed by atoms with Crippen LogP contribution in [0.2, 0.25) is 5.02 Å². The fraction of sp³-hybridized carbons (Fsp3) is 0.286. The Labute approximate surface area is 243 Å². The number of hydrogen-bond acceptors (Lipinski definition) is 5. The van der Waals surface area contributed by atoms with Crippen LogP contribution in [0.5, 0.6) is 5.75 Å². The van der Waals surface area contributed by atoms with Crippen LogP contribution in [-0.4, -0.2) is 51.4 Å². The molecule has 0 aliphatic heterocycles. The maximum absolute atomic E-state index is 13.9. The van der Waals surface area contributed by atoms with E-state index in [-0.39, 0.29) is 23.0 Å². The summed E-state index contributed by atoms with van der Waals surface area (Å²) in [5.74, 6) is -0.379. The number of nitrogens with zero attached hydrogens (tertiary/aromatic N) is 2.